The number of aryl methyl sites for hydroxylation is 1. The molecular weight excluding hydrogens is 514 g/mol. The Labute approximate surface area is 224 Å². The van der Waals surface area contributed by atoms with Crippen LogP contribution < -0.4 is 10.2 Å². The van der Waals surface area contributed by atoms with Crippen molar-refractivity contribution in [3.63, 3.8) is 0 Å². The SMILES string of the molecule is CO[C@H]1C[C@](c2cccc(N3Cc4c(cc(CNCC(C)(C)F)cc4C(F)(F)F)C3=O)c2)(c2nncn2C)C1. The quantitative estimate of drug-likeness (QED) is 0.407. The first-order valence-electron chi connectivity index (χ1n) is 12.7. The van der Waals surface area contributed by atoms with E-state index in [0.717, 1.165) is 17.5 Å². The van der Waals surface area contributed by atoms with E-state index in [2.05, 4.69) is 15.5 Å². The zero-order valence-electron chi connectivity index (χ0n) is 22.3. The highest BCUT2D eigenvalue weighted by atomic mass is 19.4. The molecular formula is C28H31F4N5O2. The Morgan fingerprint density at radius 3 is 2.51 bits per heavy atom. The summed E-state index contributed by atoms with van der Waals surface area (Å²) in [6, 6.07) is 9.84. The largest absolute Gasteiger partial charge is 0.416 e. The summed E-state index contributed by atoms with van der Waals surface area (Å²) in [4.78, 5) is 14.9. The van der Waals surface area contributed by atoms with E-state index < -0.39 is 28.7 Å². The zero-order valence-corrected chi connectivity index (χ0v) is 22.3. The summed E-state index contributed by atoms with van der Waals surface area (Å²) < 4.78 is 63.5. The lowest BCUT2D eigenvalue weighted by Crippen LogP contribution is -2.48. The van der Waals surface area contributed by atoms with E-state index >= 15 is 0 Å². The predicted octanol–water partition coefficient (Wildman–Crippen LogP) is 4.93. The van der Waals surface area contributed by atoms with Gasteiger partial charge in [-0.15, -0.1) is 10.2 Å². The van der Waals surface area contributed by atoms with Crippen molar-refractivity contribution in [2.75, 3.05) is 18.6 Å². The average Bonchev–Trinajstić information content (AvgIpc) is 3.41. The van der Waals surface area contributed by atoms with Crippen molar-refractivity contribution < 1.29 is 27.1 Å². The van der Waals surface area contributed by atoms with Gasteiger partial charge in [-0.2, -0.15) is 13.2 Å². The van der Waals surface area contributed by atoms with Crippen molar-refractivity contribution in [2.24, 2.45) is 7.05 Å². The topological polar surface area (TPSA) is 72.3 Å². The van der Waals surface area contributed by atoms with Crippen molar-refractivity contribution in [1.82, 2.24) is 20.1 Å². The highest BCUT2D eigenvalue weighted by Gasteiger charge is 2.50. The van der Waals surface area contributed by atoms with Crippen molar-refractivity contribution >= 4 is 11.6 Å². The number of benzene rings is 2. The Bertz CT molecular complexity index is 1390. The summed E-state index contributed by atoms with van der Waals surface area (Å²) in [5, 5.41) is 11.2. The van der Waals surface area contributed by atoms with E-state index in [-0.39, 0.29) is 42.4 Å². The van der Waals surface area contributed by atoms with E-state index in [1.807, 2.05) is 23.7 Å². The van der Waals surface area contributed by atoms with E-state index in [1.165, 1.54) is 24.8 Å². The van der Waals surface area contributed by atoms with Gasteiger partial charge in [0.15, 0.2) is 0 Å². The van der Waals surface area contributed by atoms with Crippen LogP contribution in [0.3, 0.4) is 0 Å². The van der Waals surface area contributed by atoms with Gasteiger partial charge in [-0.25, -0.2) is 4.39 Å². The van der Waals surface area contributed by atoms with Crippen LogP contribution in [0.2, 0.25) is 0 Å². The summed E-state index contributed by atoms with van der Waals surface area (Å²) in [5.74, 6) is 0.258. The molecule has 7 nitrogen and oxygen atoms in total. The first kappa shape index (κ1) is 27.3. The molecule has 0 radical (unpaired) electrons. The molecule has 0 atom stereocenters. The van der Waals surface area contributed by atoms with Crippen molar-refractivity contribution in [2.45, 2.75) is 63.1 Å². The highest BCUT2D eigenvalue weighted by Crippen LogP contribution is 2.50. The average molecular weight is 546 g/mol. The Kier molecular flexibility index (Phi) is 6.79. The molecule has 1 N–H and O–H groups in total. The molecule has 1 aromatic heterocycles. The smallest absolute Gasteiger partial charge is 0.381 e. The summed E-state index contributed by atoms with van der Waals surface area (Å²) in [6.07, 6.45) is -1.65. The Morgan fingerprint density at radius 2 is 1.90 bits per heavy atom. The van der Waals surface area contributed by atoms with E-state index in [4.69, 9.17) is 4.74 Å². The number of halogens is 4. The zero-order chi connectivity index (χ0) is 28.2. The van der Waals surface area contributed by atoms with Crippen LogP contribution in [0.5, 0.6) is 0 Å². The van der Waals surface area contributed by atoms with Gasteiger partial charge in [0.05, 0.1) is 23.6 Å². The Hall–Kier alpha value is -3.31. The van der Waals surface area contributed by atoms with Gasteiger partial charge in [0, 0.05) is 38.5 Å². The second-order valence-electron chi connectivity index (χ2n) is 11.0. The van der Waals surface area contributed by atoms with E-state index in [0.29, 0.717) is 18.5 Å². The molecule has 1 aliphatic carbocycles. The minimum atomic E-state index is -4.64. The van der Waals surface area contributed by atoms with Crippen LogP contribution in [0.25, 0.3) is 0 Å². The number of hydrogen-bond donors (Lipinski definition) is 1. The molecule has 39 heavy (non-hydrogen) atoms. The number of aromatic nitrogens is 3. The van der Waals surface area contributed by atoms with E-state index in [1.54, 1.807) is 25.6 Å². The maximum Gasteiger partial charge on any atom is 0.416 e. The van der Waals surface area contributed by atoms with Crippen molar-refractivity contribution in [1.29, 1.82) is 0 Å². The predicted molar refractivity (Wildman–Crippen MR) is 137 cm³/mol. The third kappa shape index (κ3) is 5.05. The van der Waals surface area contributed by atoms with Gasteiger partial charge in [0.2, 0.25) is 0 Å². The number of fused-ring (bicyclic) bond motifs is 1. The van der Waals surface area contributed by atoms with Crippen LogP contribution >= 0.6 is 0 Å². The molecule has 3 aromatic rings. The van der Waals surface area contributed by atoms with Gasteiger partial charge in [-0.1, -0.05) is 12.1 Å². The summed E-state index contributed by atoms with van der Waals surface area (Å²) in [5.41, 5.74) is -1.23. The molecule has 0 spiro atoms. The first-order valence-corrected chi connectivity index (χ1v) is 12.7. The fourth-order valence-electron chi connectivity index (χ4n) is 5.66. The van der Waals surface area contributed by atoms with Crippen LogP contribution in [0.1, 0.15) is 65.1 Å². The molecule has 1 fully saturated rings. The minimum absolute atomic E-state index is 0.00730. The number of carbonyl (C=O) groups excluding carboxylic acids is 1. The fourth-order valence-corrected chi connectivity index (χ4v) is 5.66. The van der Waals surface area contributed by atoms with Crippen molar-refractivity contribution in [3.05, 3.63) is 76.4 Å². The molecule has 2 heterocycles. The number of carbonyl (C=O) groups is 1. The number of nitrogens with one attached hydrogen (secondary N) is 1. The molecule has 208 valence electrons. The van der Waals surface area contributed by atoms with Crippen molar-refractivity contribution in [3.8, 4) is 0 Å². The van der Waals surface area contributed by atoms with Crippen LogP contribution in [0.15, 0.2) is 42.7 Å². The van der Waals surface area contributed by atoms with Gasteiger partial charge in [0.1, 0.15) is 17.8 Å². The number of nitrogens with zero attached hydrogens (tertiary/aromatic N) is 4. The van der Waals surface area contributed by atoms with Gasteiger partial charge in [-0.05, 0) is 67.6 Å². The van der Waals surface area contributed by atoms with Gasteiger partial charge >= 0.3 is 6.18 Å². The summed E-state index contributed by atoms with van der Waals surface area (Å²) >= 11 is 0. The molecule has 5 rings (SSSR count). The molecule has 2 aromatic carbocycles. The van der Waals surface area contributed by atoms with Gasteiger partial charge in [-0.3, -0.25) is 4.79 Å². The third-order valence-corrected chi connectivity index (χ3v) is 7.62. The lowest BCUT2D eigenvalue weighted by molar-refractivity contribution is -0.138. The van der Waals surface area contributed by atoms with Gasteiger partial charge < -0.3 is 19.5 Å². The summed E-state index contributed by atoms with van der Waals surface area (Å²) in [7, 11) is 3.52. The monoisotopic (exact) mass is 545 g/mol. The maximum absolute atomic E-state index is 14.1. The number of amides is 1. The summed E-state index contributed by atoms with van der Waals surface area (Å²) in [6.45, 7) is 2.54. The van der Waals surface area contributed by atoms with Crippen LogP contribution in [-0.4, -0.2) is 46.1 Å². The lowest BCUT2D eigenvalue weighted by Gasteiger charge is -2.46. The highest BCUT2D eigenvalue weighted by molar-refractivity contribution is 6.10. The Morgan fingerprint density at radius 1 is 1.15 bits per heavy atom. The minimum Gasteiger partial charge on any atom is -0.381 e. The molecule has 0 saturated heterocycles. The number of hydrogen-bond acceptors (Lipinski definition) is 5. The van der Waals surface area contributed by atoms with Crippen LogP contribution in [-0.2, 0) is 36.5 Å². The number of anilines is 1. The standard InChI is InChI=1S/C28H31F4N5O2/c1-26(2,29)15-33-13-17-8-21-22(23(9-17)28(30,31)32)14-37(24(21)38)19-7-5-6-18(10-19)27(11-20(12-27)39-4)25-35-34-16-36(25)3/h5-10,16,20,33H,11-15H2,1-4H3/t20-,27-. The number of ether oxygens (including phenoxy) is 1. The lowest BCUT2D eigenvalue weighted by atomic mass is 9.62. The molecule has 2 aliphatic rings. The molecule has 0 bridgehead atoms. The Balaban J connectivity index is 1.48. The normalized spacial score (nSPS) is 21.3. The van der Waals surface area contributed by atoms with Gasteiger partial charge in [0.25, 0.3) is 5.91 Å². The number of alkyl halides is 4. The number of methoxy groups -OCH3 is 1. The maximum atomic E-state index is 14.1. The molecule has 11 heteroatoms. The second-order valence-corrected chi connectivity index (χ2v) is 11.0. The van der Waals surface area contributed by atoms with E-state index in [9.17, 15) is 22.4 Å². The van der Waals surface area contributed by atoms with Crippen LogP contribution in [0.4, 0.5) is 23.2 Å². The third-order valence-electron chi connectivity index (χ3n) is 7.62. The first-order chi connectivity index (χ1) is 18.3. The van der Waals surface area contributed by atoms with Crippen LogP contribution in [0, 0.1) is 0 Å². The second kappa shape index (κ2) is 9.71. The number of rotatable bonds is 8. The molecule has 1 saturated carbocycles. The molecule has 1 amide bonds. The molecule has 0 unspecified atom stereocenters. The fraction of sp³-hybridized carbons (Fsp3) is 0.464. The molecule has 1 aliphatic heterocycles.